The Morgan fingerprint density at radius 2 is 1.12 bits per heavy atom. The van der Waals surface area contributed by atoms with Gasteiger partial charge in [-0.05, 0) is 45.5 Å². The molecule has 198 valence electrons. The van der Waals surface area contributed by atoms with E-state index in [0.29, 0.717) is 0 Å². The highest BCUT2D eigenvalue weighted by molar-refractivity contribution is 6.77. The number of hydrogen-bond acceptors (Lipinski definition) is 2. The summed E-state index contributed by atoms with van der Waals surface area (Å²) in [5.74, 6) is 0.721. The summed E-state index contributed by atoms with van der Waals surface area (Å²) in [4.78, 5) is 10.8. The fraction of sp³-hybridized carbons (Fsp3) is 0.0256. The molecule has 0 spiro atoms. The standard InChI is InChI=1S/C39H24BN3/c1-22-33-25-14-4-2-12-23(25)24-13-3-7-17-28(24)37(33)42-39(41-22)43-32-21-11-9-19-30(32)34-26-15-5-6-16-27(26)36-35(38(34)43)29-18-8-10-20-31(29)40-36/h2-21,40H,1H3. The largest absolute Gasteiger partial charge is 0.277 e. The third kappa shape index (κ3) is 2.95. The average molecular weight is 545 g/mol. The van der Waals surface area contributed by atoms with E-state index in [1.165, 1.54) is 65.3 Å². The van der Waals surface area contributed by atoms with Gasteiger partial charge in [0.1, 0.15) is 0 Å². The SMILES string of the molecule is Cc1nc(-n2c3ccccc3c3c4ccccc4c4c(c32)-c2ccccc2B4)nc2c3ccccc3c3ccccc3c12. The van der Waals surface area contributed by atoms with Crippen molar-refractivity contribution in [2.24, 2.45) is 0 Å². The predicted octanol–water partition coefficient (Wildman–Crippen LogP) is 7.86. The molecule has 1 aliphatic heterocycles. The molecule has 0 bridgehead atoms. The van der Waals surface area contributed by atoms with Crippen molar-refractivity contribution in [2.75, 3.05) is 0 Å². The van der Waals surface area contributed by atoms with Crippen molar-refractivity contribution in [2.45, 2.75) is 6.92 Å². The van der Waals surface area contributed by atoms with Gasteiger partial charge in [-0.3, -0.25) is 4.57 Å². The van der Waals surface area contributed by atoms with Gasteiger partial charge in [0.05, 0.1) is 22.2 Å². The minimum absolute atomic E-state index is 0.721. The average Bonchev–Trinajstić information content (AvgIpc) is 3.61. The summed E-state index contributed by atoms with van der Waals surface area (Å²) < 4.78 is 2.34. The third-order valence-electron chi connectivity index (χ3n) is 9.54. The Balaban J connectivity index is 1.44. The molecule has 2 aromatic heterocycles. The van der Waals surface area contributed by atoms with Gasteiger partial charge < -0.3 is 0 Å². The summed E-state index contributed by atoms with van der Waals surface area (Å²) >= 11 is 0. The molecule has 3 heterocycles. The van der Waals surface area contributed by atoms with Crippen molar-refractivity contribution < 1.29 is 0 Å². The normalized spacial score (nSPS) is 12.5. The third-order valence-corrected chi connectivity index (χ3v) is 9.54. The van der Waals surface area contributed by atoms with Crippen LogP contribution in [0.15, 0.2) is 121 Å². The van der Waals surface area contributed by atoms with Crippen molar-refractivity contribution in [3.8, 4) is 17.1 Å². The van der Waals surface area contributed by atoms with Crippen molar-refractivity contribution in [3.63, 3.8) is 0 Å². The van der Waals surface area contributed by atoms with E-state index in [-0.39, 0.29) is 0 Å². The summed E-state index contributed by atoms with van der Waals surface area (Å²) in [6, 6.07) is 43.8. The maximum atomic E-state index is 5.47. The fourth-order valence-electron chi connectivity index (χ4n) is 7.82. The highest BCUT2D eigenvalue weighted by atomic mass is 15.2. The molecule has 0 radical (unpaired) electrons. The van der Waals surface area contributed by atoms with Gasteiger partial charge in [-0.15, -0.1) is 0 Å². The Morgan fingerprint density at radius 3 is 1.91 bits per heavy atom. The van der Waals surface area contributed by atoms with Crippen molar-refractivity contribution in [3.05, 3.63) is 127 Å². The Morgan fingerprint density at radius 1 is 0.535 bits per heavy atom. The summed E-state index contributed by atoms with van der Waals surface area (Å²) in [6.45, 7) is 2.14. The lowest BCUT2D eigenvalue weighted by Gasteiger charge is -2.16. The zero-order valence-electron chi connectivity index (χ0n) is 23.6. The maximum absolute atomic E-state index is 5.47. The van der Waals surface area contributed by atoms with Gasteiger partial charge in [-0.25, -0.2) is 9.97 Å². The van der Waals surface area contributed by atoms with Crippen LogP contribution in [0.25, 0.3) is 82.1 Å². The lowest BCUT2D eigenvalue weighted by atomic mass is 9.66. The second-order valence-electron chi connectivity index (χ2n) is 11.7. The van der Waals surface area contributed by atoms with Crippen LogP contribution in [-0.4, -0.2) is 21.8 Å². The van der Waals surface area contributed by atoms with Crippen LogP contribution in [0, 0.1) is 6.92 Å². The molecule has 0 saturated carbocycles. The molecule has 0 atom stereocenters. The molecule has 0 unspecified atom stereocenters. The summed E-state index contributed by atoms with van der Waals surface area (Å²) in [6.07, 6.45) is 0. The van der Waals surface area contributed by atoms with E-state index >= 15 is 0 Å². The minimum atomic E-state index is 0.721. The fourth-order valence-corrected chi connectivity index (χ4v) is 7.82. The van der Waals surface area contributed by atoms with Crippen LogP contribution < -0.4 is 10.9 Å². The lowest BCUT2D eigenvalue weighted by Crippen LogP contribution is -2.21. The molecular formula is C39H24BN3. The molecule has 7 aromatic carbocycles. The number of aryl methyl sites for hydroxylation is 1. The molecular weight excluding hydrogens is 521 g/mol. The number of benzene rings is 7. The monoisotopic (exact) mass is 545 g/mol. The number of rotatable bonds is 1. The molecule has 43 heavy (non-hydrogen) atoms. The van der Waals surface area contributed by atoms with Crippen LogP contribution in [0.2, 0.25) is 0 Å². The second-order valence-corrected chi connectivity index (χ2v) is 11.7. The minimum Gasteiger partial charge on any atom is -0.277 e. The Bertz CT molecular complexity index is 2670. The van der Waals surface area contributed by atoms with Gasteiger partial charge >= 0.3 is 0 Å². The molecule has 10 rings (SSSR count). The Labute approximate surface area is 248 Å². The first-order chi connectivity index (χ1) is 21.3. The highest BCUT2D eigenvalue weighted by Crippen LogP contribution is 2.43. The van der Waals surface area contributed by atoms with Gasteiger partial charge in [0.15, 0.2) is 7.28 Å². The summed E-state index contributed by atoms with van der Waals surface area (Å²) in [5, 5.41) is 11.1. The van der Waals surface area contributed by atoms with E-state index in [1.807, 2.05) is 0 Å². The zero-order chi connectivity index (χ0) is 28.2. The molecule has 0 saturated heterocycles. The van der Waals surface area contributed by atoms with E-state index in [1.54, 1.807) is 0 Å². The number of fused-ring (bicyclic) bond motifs is 16. The van der Waals surface area contributed by atoms with Crippen LogP contribution in [0.1, 0.15) is 5.69 Å². The lowest BCUT2D eigenvalue weighted by molar-refractivity contribution is 0.992. The van der Waals surface area contributed by atoms with Crippen LogP contribution in [0.3, 0.4) is 0 Å². The maximum Gasteiger partial charge on any atom is 0.235 e. The topological polar surface area (TPSA) is 30.7 Å². The van der Waals surface area contributed by atoms with Crippen molar-refractivity contribution >= 4 is 83.2 Å². The predicted molar refractivity (Wildman–Crippen MR) is 183 cm³/mol. The number of hydrogen-bond donors (Lipinski definition) is 0. The molecule has 0 fully saturated rings. The second kappa shape index (κ2) is 8.30. The quantitative estimate of drug-likeness (QED) is 0.155. The molecule has 0 amide bonds. The van der Waals surface area contributed by atoms with Gasteiger partial charge in [-0.1, -0.05) is 126 Å². The van der Waals surface area contributed by atoms with Crippen LogP contribution in [-0.2, 0) is 0 Å². The summed E-state index contributed by atoms with van der Waals surface area (Å²) in [5.41, 5.74) is 9.71. The van der Waals surface area contributed by atoms with E-state index in [9.17, 15) is 0 Å². The van der Waals surface area contributed by atoms with E-state index < -0.39 is 0 Å². The van der Waals surface area contributed by atoms with Gasteiger partial charge in [0, 0.05) is 27.1 Å². The van der Waals surface area contributed by atoms with E-state index in [0.717, 1.165) is 40.7 Å². The van der Waals surface area contributed by atoms with Crippen LogP contribution >= 0.6 is 0 Å². The molecule has 0 aliphatic carbocycles. The number of para-hydroxylation sites is 1. The van der Waals surface area contributed by atoms with Gasteiger partial charge in [0.2, 0.25) is 5.95 Å². The Hall–Kier alpha value is -5.48. The summed E-state index contributed by atoms with van der Waals surface area (Å²) in [7, 11) is 0.928. The molecule has 4 heteroatoms. The molecule has 3 nitrogen and oxygen atoms in total. The molecule has 9 aromatic rings. The molecule has 0 N–H and O–H groups in total. The van der Waals surface area contributed by atoms with E-state index in [4.69, 9.17) is 9.97 Å². The first kappa shape index (κ1) is 23.1. The Kier molecular flexibility index (Phi) is 4.46. The van der Waals surface area contributed by atoms with Crippen molar-refractivity contribution in [1.82, 2.24) is 14.5 Å². The van der Waals surface area contributed by atoms with Crippen molar-refractivity contribution in [1.29, 1.82) is 0 Å². The highest BCUT2D eigenvalue weighted by Gasteiger charge is 2.29. The number of aromatic nitrogens is 3. The van der Waals surface area contributed by atoms with Gasteiger partial charge in [-0.2, -0.15) is 0 Å². The number of nitrogens with zero attached hydrogens (tertiary/aromatic N) is 3. The first-order valence-corrected chi connectivity index (χ1v) is 14.9. The van der Waals surface area contributed by atoms with Crippen LogP contribution in [0.5, 0.6) is 0 Å². The first-order valence-electron chi connectivity index (χ1n) is 14.9. The smallest absolute Gasteiger partial charge is 0.235 e. The molecule has 1 aliphatic rings. The van der Waals surface area contributed by atoms with Crippen LogP contribution in [0.4, 0.5) is 0 Å². The van der Waals surface area contributed by atoms with E-state index in [2.05, 4.69) is 133 Å². The zero-order valence-corrected chi connectivity index (χ0v) is 23.6. The van der Waals surface area contributed by atoms with Gasteiger partial charge in [0.25, 0.3) is 0 Å².